The van der Waals surface area contributed by atoms with E-state index in [1.807, 2.05) is 20.8 Å². The molecule has 0 saturated carbocycles. The van der Waals surface area contributed by atoms with Crippen molar-refractivity contribution in [2.75, 3.05) is 13.2 Å². The highest BCUT2D eigenvalue weighted by molar-refractivity contribution is 5.98. The highest BCUT2D eigenvalue weighted by Gasteiger charge is 2.21. The number of rotatable bonds is 10. The number of carbonyl (C=O) groups excluding carboxylic acids is 1. The predicted molar refractivity (Wildman–Crippen MR) is 111 cm³/mol. The Kier molecular flexibility index (Phi) is 8.11. The monoisotopic (exact) mass is 417 g/mol. The van der Waals surface area contributed by atoms with Crippen LogP contribution in [0.25, 0.3) is 11.4 Å². The number of carbonyl (C=O) groups is 2. The van der Waals surface area contributed by atoms with Crippen molar-refractivity contribution in [3.8, 4) is 17.1 Å². The zero-order chi connectivity index (χ0) is 22.3. The molecule has 30 heavy (non-hydrogen) atoms. The van der Waals surface area contributed by atoms with Crippen LogP contribution in [0.3, 0.4) is 0 Å². The largest absolute Gasteiger partial charge is 0.493 e. The normalized spacial score (nSPS) is 11.7. The van der Waals surface area contributed by atoms with Gasteiger partial charge in [0.15, 0.2) is 6.04 Å². The molecule has 1 unspecified atom stereocenters. The van der Waals surface area contributed by atoms with Crippen molar-refractivity contribution >= 4 is 11.9 Å². The molecule has 0 bridgehead atoms. The number of H-pyrrole nitrogens is 1. The van der Waals surface area contributed by atoms with E-state index in [-0.39, 0.29) is 16.9 Å². The Morgan fingerprint density at radius 1 is 1.23 bits per heavy atom. The molecule has 1 aromatic heterocycles. The maximum Gasteiger partial charge on any atom is 0.328 e. The van der Waals surface area contributed by atoms with Crippen LogP contribution >= 0.6 is 0 Å². The van der Waals surface area contributed by atoms with Crippen molar-refractivity contribution in [3.63, 3.8) is 0 Å². The van der Waals surface area contributed by atoms with E-state index >= 15 is 0 Å². The smallest absolute Gasteiger partial charge is 0.328 e. The van der Waals surface area contributed by atoms with Crippen LogP contribution in [0, 0.1) is 0 Å². The van der Waals surface area contributed by atoms with Crippen LogP contribution in [0.4, 0.5) is 0 Å². The molecule has 4 N–H and O–H groups in total. The number of benzene rings is 1. The van der Waals surface area contributed by atoms with E-state index in [2.05, 4.69) is 15.3 Å². The lowest BCUT2D eigenvalue weighted by atomic mass is 10.1. The van der Waals surface area contributed by atoms with Gasteiger partial charge in [-0.15, -0.1) is 0 Å². The maximum atomic E-state index is 12.5. The molecule has 9 nitrogen and oxygen atoms in total. The topological polar surface area (TPSA) is 142 Å². The van der Waals surface area contributed by atoms with Gasteiger partial charge in [-0.3, -0.25) is 9.59 Å². The summed E-state index contributed by atoms with van der Waals surface area (Å²) < 4.78 is 5.76. The Balaban J connectivity index is 2.55. The van der Waals surface area contributed by atoms with Gasteiger partial charge < -0.3 is 25.3 Å². The number of carboxylic acids is 1. The molecule has 0 spiro atoms. The summed E-state index contributed by atoms with van der Waals surface area (Å²) in [6.45, 7) is 5.44. The minimum Gasteiger partial charge on any atom is -0.493 e. The molecule has 0 saturated heterocycles. The Morgan fingerprint density at radius 3 is 2.53 bits per heavy atom. The van der Waals surface area contributed by atoms with Gasteiger partial charge >= 0.3 is 5.97 Å². The van der Waals surface area contributed by atoms with Crippen LogP contribution in [0.1, 0.15) is 48.8 Å². The number of aryl methyl sites for hydroxylation is 1. The quantitative estimate of drug-likeness (QED) is 0.459. The Labute approximate surface area is 174 Å². The number of ether oxygens (including phenoxy) is 1. The van der Waals surface area contributed by atoms with Crippen molar-refractivity contribution in [1.82, 2.24) is 15.3 Å². The molecule has 2 aromatic rings. The maximum absolute atomic E-state index is 12.5. The van der Waals surface area contributed by atoms with E-state index in [0.29, 0.717) is 42.0 Å². The molecule has 0 aliphatic rings. The second kappa shape index (κ2) is 10.5. The van der Waals surface area contributed by atoms with Crippen molar-refractivity contribution in [2.45, 2.75) is 46.1 Å². The van der Waals surface area contributed by atoms with Gasteiger partial charge in [-0.1, -0.05) is 20.8 Å². The lowest BCUT2D eigenvalue weighted by molar-refractivity contribution is -0.140. The molecule has 0 radical (unpaired) electrons. The number of aromatic amines is 1. The number of hydrogen-bond donors (Lipinski definition) is 4. The van der Waals surface area contributed by atoms with Crippen LogP contribution in [0.15, 0.2) is 23.0 Å². The fourth-order valence-electron chi connectivity index (χ4n) is 2.95. The van der Waals surface area contributed by atoms with Crippen molar-refractivity contribution in [3.05, 3.63) is 45.4 Å². The standard InChI is InChI=1S/C21H27N3O6/c1-4-9-30-17-8-7-12(19(26)23-16(11-25)21(28)29)10-14(17)18-22-15(6-3)13(5-2)20(27)24-18/h7-8,10,16,25H,4-6,9,11H2,1-3H3,(H,23,26)(H,28,29)(H,22,24,27). The average Bonchev–Trinajstić information content (AvgIpc) is 2.74. The fraction of sp³-hybridized carbons (Fsp3) is 0.429. The van der Waals surface area contributed by atoms with Gasteiger partial charge in [0.25, 0.3) is 11.5 Å². The lowest BCUT2D eigenvalue weighted by Crippen LogP contribution is -2.43. The second-order valence-electron chi connectivity index (χ2n) is 6.65. The lowest BCUT2D eigenvalue weighted by Gasteiger charge is -2.15. The minimum absolute atomic E-state index is 0.147. The number of nitrogens with zero attached hydrogens (tertiary/aromatic N) is 1. The summed E-state index contributed by atoms with van der Waals surface area (Å²) in [6, 6.07) is 3.12. The first-order chi connectivity index (χ1) is 14.4. The molecule has 1 atom stereocenters. The van der Waals surface area contributed by atoms with Crippen LogP contribution in [0.5, 0.6) is 5.75 Å². The molecule has 1 aromatic carbocycles. The summed E-state index contributed by atoms with van der Waals surface area (Å²) in [5, 5.41) is 20.4. The van der Waals surface area contributed by atoms with E-state index < -0.39 is 24.5 Å². The number of aromatic nitrogens is 2. The summed E-state index contributed by atoms with van der Waals surface area (Å²) in [6.07, 6.45) is 1.88. The zero-order valence-electron chi connectivity index (χ0n) is 17.3. The number of nitrogens with one attached hydrogen (secondary N) is 2. The number of carboxylic acid groups (broad SMARTS) is 1. The Bertz CT molecular complexity index is 970. The second-order valence-corrected chi connectivity index (χ2v) is 6.65. The number of hydrogen-bond acceptors (Lipinski definition) is 6. The third-order valence-corrected chi connectivity index (χ3v) is 4.53. The molecule has 1 heterocycles. The molecule has 0 aliphatic carbocycles. The van der Waals surface area contributed by atoms with Crippen LogP contribution in [-0.4, -0.2) is 51.3 Å². The third kappa shape index (κ3) is 5.24. The van der Waals surface area contributed by atoms with Gasteiger partial charge in [-0.25, -0.2) is 9.78 Å². The number of amides is 1. The van der Waals surface area contributed by atoms with E-state index in [0.717, 1.165) is 6.42 Å². The van der Waals surface area contributed by atoms with Gasteiger partial charge in [0.2, 0.25) is 0 Å². The molecule has 2 rings (SSSR count). The zero-order valence-corrected chi connectivity index (χ0v) is 17.3. The molecule has 1 amide bonds. The number of aliphatic carboxylic acids is 1. The van der Waals surface area contributed by atoms with Gasteiger partial charge in [0.05, 0.1) is 24.5 Å². The SMILES string of the molecule is CCCOc1ccc(C(=O)NC(CO)C(=O)O)cc1-c1nc(CC)c(CC)c(=O)[nH]1. The molecule has 9 heteroatoms. The molecular weight excluding hydrogens is 390 g/mol. The average molecular weight is 417 g/mol. The number of aliphatic hydroxyl groups excluding tert-OH is 1. The number of aliphatic hydroxyl groups is 1. The Hall–Kier alpha value is -3.20. The first-order valence-electron chi connectivity index (χ1n) is 9.89. The summed E-state index contributed by atoms with van der Waals surface area (Å²) in [5.41, 5.74) is 1.59. The summed E-state index contributed by atoms with van der Waals surface area (Å²) in [5.74, 6) is -1.31. The van der Waals surface area contributed by atoms with Gasteiger partial charge in [-0.05, 0) is 37.5 Å². The van der Waals surface area contributed by atoms with Crippen LogP contribution in [-0.2, 0) is 17.6 Å². The van der Waals surface area contributed by atoms with E-state index in [1.165, 1.54) is 12.1 Å². The predicted octanol–water partition coefficient (Wildman–Crippen LogP) is 1.53. The van der Waals surface area contributed by atoms with Gasteiger partial charge in [0, 0.05) is 11.1 Å². The fourth-order valence-corrected chi connectivity index (χ4v) is 2.95. The van der Waals surface area contributed by atoms with E-state index in [4.69, 9.17) is 14.9 Å². The first-order valence-corrected chi connectivity index (χ1v) is 9.89. The van der Waals surface area contributed by atoms with Gasteiger partial charge in [-0.2, -0.15) is 0 Å². The molecule has 0 fully saturated rings. The van der Waals surface area contributed by atoms with Gasteiger partial charge in [0.1, 0.15) is 11.6 Å². The third-order valence-electron chi connectivity index (χ3n) is 4.53. The molecular formula is C21H27N3O6. The molecule has 162 valence electrons. The van der Waals surface area contributed by atoms with Crippen molar-refractivity contribution in [2.24, 2.45) is 0 Å². The van der Waals surface area contributed by atoms with Crippen LogP contribution < -0.4 is 15.6 Å². The van der Waals surface area contributed by atoms with Crippen molar-refractivity contribution < 1.29 is 24.5 Å². The van der Waals surface area contributed by atoms with Crippen molar-refractivity contribution in [1.29, 1.82) is 0 Å². The summed E-state index contributed by atoms with van der Waals surface area (Å²) in [7, 11) is 0. The summed E-state index contributed by atoms with van der Waals surface area (Å²) >= 11 is 0. The first kappa shape index (κ1) is 23.1. The van der Waals surface area contributed by atoms with E-state index in [9.17, 15) is 14.4 Å². The molecule has 0 aliphatic heterocycles. The minimum atomic E-state index is -1.43. The highest BCUT2D eigenvalue weighted by Crippen LogP contribution is 2.29. The van der Waals surface area contributed by atoms with Crippen LogP contribution in [0.2, 0.25) is 0 Å². The highest BCUT2D eigenvalue weighted by atomic mass is 16.5. The summed E-state index contributed by atoms with van der Waals surface area (Å²) in [4.78, 5) is 43.4. The Morgan fingerprint density at radius 2 is 1.97 bits per heavy atom. The van der Waals surface area contributed by atoms with E-state index in [1.54, 1.807) is 6.07 Å².